The van der Waals surface area contributed by atoms with E-state index >= 15 is 0 Å². The van der Waals surface area contributed by atoms with Crippen molar-refractivity contribution in [3.8, 4) is 0 Å². The maximum atomic E-state index is 4.64. The van der Waals surface area contributed by atoms with Gasteiger partial charge in [-0.1, -0.05) is 6.07 Å². The van der Waals surface area contributed by atoms with E-state index in [1.807, 2.05) is 18.5 Å². The molecule has 1 aliphatic heterocycles. The molecule has 9 heteroatoms. The van der Waals surface area contributed by atoms with Crippen LogP contribution in [0, 0.1) is 6.92 Å². The van der Waals surface area contributed by atoms with Gasteiger partial charge in [-0.15, -0.1) is 35.3 Å². The number of nitrogens with one attached hydrogen (secondary N) is 2. The lowest BCUT2D eigenvalue weighted by molar-refractivity contribution is 0.312. The number of likely N-dealkylation sites (N-methyl/N-ethyl adjacent to an activating group) is 1. The van der Waals surface area contributed by atoms with Crippen LogP contribution in [0.4, 0.5) is 5.82 Å². The van der Waals surface area contributed by atoms with Crippen molar-refractivity contribution in [2.75, 3.05) is 51.7 Å². The molecular weight excluding hydrogens is 485 g/mol. The van der Waals surface area contributed by atoms with Crippen LogP contribution >= 0.6 is 35.3 Å². The molecule has 2 N–H and O–H groups in total. The molecule has 0 radical (unpaired) electrons. The van der Waals surface area contributed by atoms with Crippen molar-refractivity contribution in [1.82, 2.24) is 25.5 Å². The van der Waals surface area contributed by atoms with Gasteiger partial charge in [0.2, 0.25) is 0 Å². The summed E-state index contributed by atoms with van der Waals surface area (Å²) in [6, 6.07) is 4.14. The molecular formula is C19H30IN7S. The summed E-state index contributed by atoms with van der Waals surface area (Å²) in [5, 5.41) is 7.93. The van der Waals surface area contributed by atoms with Gasteiger partial charge in [0.15, 0.2) is 5.96 Å². The fraction of sp³-hybridized carbons (Fsp3) is 0.526. The number of halogens is 1. The standard InChI is InChI=1S/C19H29N7S.HI/c1-15-13-23-17(27-15)6-8-22-19(20-2)24-14-16-5-4-7-21-18(16)26-11-9-25(3)10-12-26;/h4-5,7,13H,6,8-12,14H2,1-3H3,(H2,20,22,24);1H. The van der Waals surface area contributed by atoms with E-state index in [9.17, 15) is 0 Å². The molecule has 1 fully saturated rings. The van der Waals surface area contributed by atoms with Gasteiger partial charge in [0.05, 0.1) is 5.01 Å². The molecule has 0 saturated carbocycles. The normalized spacial score (nSPS) is 15.2. The summed E-state index contributed by atoms with van der Waals surface area (Å²) in [6.45, 7) is 7.77. The minimum atomic E-state index is 0. The largest absolute Gasteiger partial charge is 0.356 e. The monoisotopic (exact) mass is 515 g/mol. The smallest absolute Gasteiger partial charge is 0.191 e. The first-order valence-corrected chi connectivity index (χ1v) is 10.2. The molecule has 3 heterocycles. The van der Waals surface area contributed by atoms with Gasteiger partial charge in [-0.3, -0.25) is 4.99 Å². The highest BCUT2D eigenvalue weighted by Gasteiger charge is 2.17. The molecule has 1 saturated heterocycles. The molecule has 7 nitrogen and oxygen atoms in total. The Labute approximate surface area is 188 Å². The van der Waals surface area contributed by atoms with E-state index < -0.39 is 0 Å². The molecule has 0 aromatic carbocycles. The Kier molecular flexibility index (Phi) is 9.39. The summed E-state index contributed by atoms with van der Waals surface area (Å²) in [6.07, 6.45) is 4.70. The van der Waals surface area contributed by atoms with Gasteiger partial charge in [-0.05, 0) is 20.0 Å². The summed E-state index contributed by atoms with van der Waals surface area (Å²) in [4.78, 5) is 19.3. The van der Waals surface area contributed by atoms with Crippen LogP contribution in [-0.4, -0.2) is 67.6 Å². The first kappa shape index (κ1) is 22.8. The second kappa shape index (κ2) is 11.5. The van der Waals surface area contributed by atoms with Gasteiger partial charge in [0.25, 0.3) is 0 Å². The zero-order chi connectivity index (χ0) is 19.1. The van der Waals surface area contributed by atoms with Crippen LogP contribution < -0.4 is 15.5 Å². The van der Waals surface area contributed by atoms with Crippen molar-refractivity contribution >= 4 is 47.1 Å². The first-order chi connectivity index (χ1) is 13.2. The number of aliphatic imine (C=N–C) groups is 1. The third-order valence-electron chi connectivity index (χ3n) is 4.64. The molecule has 0 spiro atoms. The van der Waals surface area contributed by atoms with Crippen molar-refractivity contribution in [3.05, 3.63) is 40.0 Å². The number of rotatable bonds is 6. The average Bonchev–Trinajstić information content (AvgIpc) is 3.10. The first-order valence-electron chi connectivity index (χ1n) is 9.39. The van der Waals surface area contributed by atoms with Crippen LogP contribution in [0.2, 0.25) is 0 Å². The fourth-order valence-electron chi connectivity index (χ4n) is 3.08. The molecule has 28 heavy (non-hydrogen) atoms. The quantitative estimate of drug-likeness (QED) is 0.349. The SMILES string of the molecule is CN=C(NCCc1ncc(C)s1)NCc1cccnc1N1CCN(C)CC1.I. The lowest BCUT2D eigenvalue weighted by Gasteiger charge is -2.34. The summed E-state index contributed by atoms with van der Waals surface area (Å²) >= 11 is 1.75. The highest BCUT2D eigenvalue weighted by Crippen LogP contribution is 2.18. The van der Waals surface area contributed by atoms with Crippen LogP contribution in [0.15, 0.2) is 29.5 Å². The Bertz CT molecular complexity index is 756. The fourth-order valence-corrected chi connectivity index (χ4v) is 3.86. The van der Waals surface area contributed by atoms with E-state index in [-0.39, 0.29) is 24.0 Å². The average molecular weight is 515 g/mol. The van der Waals surface area contributed by atoms with Crippen molar-refractivity contribution in [1.29, 1.82) is 0 Å². The Balaban J connectivity index is 0.00000280. The molecule has 0 aliphatic carbocycles. The molecule has 3 rings (SSSR count). The van der Waals surface area contributed by atoms with E-state index in [2.05, 4.69) is 55.4 Å². The molecule has 154 valence electrons. The van der Waals surface area contributed by atoms with Gasteiger partial charge in [-0.2, -0.15) is 0 Å². The van der Waals surface area contributed by atoms with Gasteiger partial charge in [0.1, 0.15) is 5.82 Å². The van der Waals surface area contributed by atoms with Crippen LogP contribution in [0.3, 0.4) is 0 Å². The third kappa shape index (κ3) is 6.56. The van der Waals surface area contributed by atoms with Crippen LogP contribution in [-0.2, 0) is 13.0 Å². The maximum absolute atomic E-state index is 4.64. The number of pyridine rings is 1. The minimum absolute atomic E-state index is 0. The molecule has 0 atom stereocenters. The van der Waals surface area contributed by atoms with E-state index in [0.29, 0.717) is 6.54 Å². The maximum Gasteiger partial charge on any atom is 0.191 e. The summed E-state index contributed by atoms with van der Waals surface area (Å²) < 4.78 is 0. The molecule has 1 aliphatic rings. The molecule has 2 aromatic heterocycles. The third-order valence-corrected chi connectivity index (χ3v) is 5.61. The Morgan fingerprint density at radius 3 is 2.68 bits per heavy atom. The number of guanidine groups is 1. The number of aromatic nitrogens is 2. The highest BCUT2D eigenvalue weighted by molar-refractivity contribution is 14.0. The molecule has 0 bridgehead atoms. The topological polar surface area (TPSA) is 68.7 Å². The number of thiazole rings is 1. The number of hydrogen-bond acceptors (Lipinski definition) is 6. The van der Waals surface area contributed by atoms with Gasteiger partial charge < -0.3 is 20.4 Å². The lowest BCUT2D eigenvalue weighted by atomic mass is 10.2. The van der Waals surface area contributed by atoms with Crippen LogP contribution in [0.25, 0.3) is 0 Å². The van der Waals surface area contributed by atoms with Crippen molar-refractivity contribution < 1.29 is 0 Å². The van der Waals surface area contributed by atoms with Crippen molar-refractivity contribution in [2.45, 2.75) is 19.9 Å². The van der Waals surface area contributed by atoms with Gasteiger partial charge in [-0.25, -0.2) is 9.97 Å². The number of piperazine rings is 1. The Hall–Kier alpha value is -1.46. The summed E-state index contributed by atoms with van der Waals surface area (Å²) in [5.41, 5.74) is 1.19. The minimum Gasteiger partial charge on any atom is -0.356 e. The summed E-state index contributed by atoms with van der Waals surface area (Å²) in [5.74, 6) is 1.88. The number of hydrogen-bond donors (Lipinski definition) is 2. The predicted molar refractivity (Wildman–Crippen MR) is 128 cm³/mol. The zero-order valence-electron chi connectivity index (χ0n) is 16.8. The van der Waals surface area contributed by atoms with E-state index in [1.165, 1.54) is 10.4 Å². The molecule has 2 aromatic rings. The second-order valence-corrected chi connectivity index (χ2v) is 8.06. The van der Waals surface area contributed by atoms with E-state index in [0.717, 1.165) is 55.9 Å². The number of anilines is 1. The number of nitrogens with zero attached hydrogens (tertiary/aromatic N) is 5. The van der Waals surface area contributed by atoms with Crippen molar-refractivity contribution in [2.24, 2.45) is 4.99 Å². The molecule has 0 unspecified atom stereocenters. The van der Waals surface area contributed by atoms with E-state index in [4.69, 9.17) is 0 Å². The van der Waals surface area contributed by atoms with E-state index in [1.54, 1.807) is 18.4 Å². The Morgan fingerprint density at radius 1 is 1.21 bits per heavy atom. The number of aryl methyl sites for hydroxylation is 1. The zero-order valence-corrected chi connectivity index (χ0v) is 20.0. The summed E-state index contributed by atoms with van der Waals surface area (Å²) in [7, 11) is 3.97. The van der Waals surface area contributed by atoms with Gasteiger partial charge in [0, 0.05) is 75.6 Å². The van der Waals surface area contributed by atoms with Crippen molar-refractivity contribution in [3.63, 3.8) is 0 Å². The second-order valence-electron chi connectivity index (χ2n) is 6.74. The molecule has 0 amide bonds. The highest BCUT2D eigenvalue weighted by atomic mass is 127. The predicted octanol–water partition coefficient (Wildman–Crippen LogP) is 2.12. The van der Waals surface area contributed by atoms with Crippen LogP contribution in [0.5, 0.6) is 0 Å². The van der Waals surface area contributed by atoms with Gasteiger partial charge >= 0.3 is 0 Å². The van der Waals surface area contributed by atoms with Crippen LogP contribution in [0.1, 0.15) is 15.4 Å². The lowest BCUT2D eigenvalue weighted by Crippen LogP contribution is -2.45. The Morgan fingerprint density at radius 2 is 2.00 bits per heavy atom.